The maximum Gasteiger partial charge on any atom is 0.471 e. The number of alkyl halides is 3. The minimum absolute atomic E-state index is 0.00687. The molecule has 0 radical (unpaired) electrons. The van der Waals surface area contributed by atoms with Gasteiger partial charge in [-0.15, -0.1) is 0 Å². The summed E-state index contributed by atoms with van der Waals surface area (Å²) in [6.45, 7) is 0. The van der Waals surface area contributed by atoms with E-state index in [1.165, 1.54) is 18.2 Å². The third-order valence-corrected chi connectivity index (χ3v) is 3.29. The zero-order valence-corrected chi connectivity index (χ0v) is 13.0. The molecule has 0 aliphatic carbocycles. The summed E-state index contributed by atoms with van der Waals surface area (Å²) in [5, 5.41) is 1.06. The first-order chi connectivity index (χ1) is 10.6. The number of hydrogen-bond donors (Lipinski definition) is 0. The predicted octanol–water partition coefficient (Wildman–Crippen LogP) is 4.02. The predicted molar refractivity (Wildman–Crippen MR) is 74.2 cm³/mol. The SMILES string of the molecule is O=C(Cl)C(C(=O)Cl)c1cc(Cl)cc(-c2noc(C(F)(F)F)n2)c1. The van der Waals surface area contributed by atoms with Gasteiger partial charge in [0.05, 0.1) is 0 Å². The number of hydrogen-bond acceptors (Lipinski definition) is 5. The maximum absolute atomic E-state index is 12.5. The monoisotopic (exact) mass is 386 g/mol. The molecule has 0 atom stereocenters. The van der Waals surface area contributed by atoms with Crippen LogP contribution in [-0.4, -0.2) is 20.6 Å². The molecule has 0 aliphatic rings. The second kappa shape index (κ2) is 6.46. The van der Waals surface area contributed by atoms with E-state index in [0.717, 1.165) is 0 Å². The number of halogens is 6. The number of carbonyl (C=O) groups excluding carboxylic acids is 2. The largest absolute Gasteiger partial charge is 0.471 e. The Kier molecular flexibility index (Phi) is 4.98. The number of benzene rings is 1. The number of carbonyl (C=O) groups is 2. The molecule has 122 valence electrons. The first-order valence-electron chi connectivity index (χ1n) is 5.70. The van der Waals surface area contributed by atoms with Crippen molar-refractivity contribution in [3.05, 3.63) is 34.7 Å². The summed E-state index contributed by atoms with van der Waals surface area (Å²) in [6.07, 6.45) is -4.81. The van der Waals surface area contributed by atoms with E-state index >= 15 is 0 Å². The molecule has 1 aromatic heterocycles. The average Bonchev–Trinajstić information content (AvgIpc) is 2.86. The van der Waals surface area contributed by atoms with Crippen LogP contribution in [0.1, 0.15) is 17.4 Å². The summed E-state index contributed by atoms with van der Waals surface area (Å²) < 4.78 is 41.5. The topological polar surface area (TPSA) is 73.1 Å². The van der Waals surface area contributed by atoms with E-state index in [-0.39, 0.29) is 16.1 Å². The lowest BCUT2D eigenvalue weighted by molar-refractivity contribution is -0.159. The van der Waals surface area contributed by atoms with E-state index in [4.69, 9.17) is 34.8 Å². The fourth-order valence-electron chi connectivity index (χ4n) is 1.72. The van der Waals surface area contributed by atoms with Gasteiger partial charge < -0.3 is 4.52 Å². The summed E-state index contributed by atoms with van der Waals surface area (Å²) in [5.41, 5.74) is -0.0153. The molecule has 2 rings (SSSR count). The second-order valence-electron chi connectivity index (χ2n) is 4.24. The minimum Gasteiger partial charge on any atom is -0.329 e. The van der Waals surface area contributed by atoms with Gasteiger partial charge in [0.25, 0.3) is 0 Å². The fraction of sp³-hybridized carbons (Fsp3) is 0.167. The number of rotatable bonds is 4. The summed E-state index contributed by atoms with van der Waals surface area (Å²) >= 11 is 16.4. The van der Waals surface area contributed by atoms with Gasteiger partial charge in [0.1, 0.15) is 5.92 Å². The van der Waals surface area contributed by atoms with Crippen LogP contribution in [0, 0.1) is 0 Å². The Bertz CT molecular complexity index is 762. The lowest BCUT2D eigenvalue weighted by atomic mass is 9.99. The Labute approximate surface area is 141 Å². The smallest absolute Gasteiger partial charge is 0.329 e. The van der Waals surface area contributed by atoms with Crippen molar-refractivity contribution < 1.29 is 27.3 Å². The molecule has 2 aromatic rings. The molecule has 0 N–H and O–H groups in total. The molecule has 11 heteroatoms. The van der Waals surface area contributed by atoms with Crippen molar-refractivity contribution in [2.24, 2.45) is 0 Å². The Morgan fingerprint density at radius 1 is 1.13 bits per heavy atom. The molecule has 0 fully saturated rings. The van der Waals surface area contributed by atoms with Crippen LogP contribution in [0.15, 0.2) is 22.7 Å². The Hall–Kier alpha value is -1.64. The Morgan fingerprint density at radius 2 is 1.74 bits per heavy atom. The van der Waals surface area contributed by atoms with Crippen LogP contribution in [0.5, 0.6) is 0 Å². The van der Waals surface area contributed by atoms with Crippen molar-refractivity contribution in [2.45, 2.75) is 12.1 Å². The first kappa shape index (κ1) is 17.7. The summed E-state index contributed by atoms with van der Waals surface area (Å²) in [7, 11) is 0. The van der Waals surface area contributed by atoms with E-state index in [1.807, 2.05) is 0 Å². The zero-order valence-electron chi connectivity index (χ0n) is 10.7. The number of aromatic nitrogens is 2. The normalized spacial score (nSPS) is 11.8. The highest BCUT2D eigenvalue weighted by Crippen LogP contribution is 2.32. The zero-order chi connectivity index (χ0) is 17.4. The highest BCUT2D eigenvalue weighted by molar-refractivity contribution is 6.74. The third-order valence-electron chi connectivity index (χ3n) is 2.63. The number of nitrogens with zero attached hydrogens (tertiary/aromatic N) is 2. The van der Waals surface area contributed by atoms with Gasteiger partial charge in [-0.25, -0.2) is 0 Å². The van der Waals surface area contributed by atoms with Crippen LogP contribution < -0.4 is 0 Å². The van der Waals surface area contributed by atoms with E-state index < -0.39 is 34.3 Å². The summed E-state index contributed by atoms with van der Waals surface area (Å²) in [6, 6.07) is 3.62. The van der Waals surface area contributed by atoms with E-state index in [9.17, 15) is 22.8 Å². The Morgan fingerprint density at radius 3 is 2.22 bits per heavy atom. The molecule has 1 heterocycles. The van der Waals surface area contributed by atoms with Crippen LogP contribution in [0.2, 0.25) is 5.02 Å². The van der Waals surface area contributed by atoms with Crippen LogP contribution in [0.3, 0.4) is 0 Å². The van der Waals surface area contributed by atoms with Gasteiger partial charge in [0.2, 0.25) is 16.3 Å². The molecule has 0 bridgehead atoms. The lowest BCUT2D eigenvalue weighted by Gasteiger charge is -2.09. The van der Waals surface area contributed by atoms with Gasteiger partial charge in [0, 0.05) is 10.6 Å². The lowest BCUT2D eigenvalue weighted by Crippen LogP contribution is -2.13. The Balaban J connectivity index is 2.51. The summed E-state index contributed by atoms with van der Waals surface area (Å²) in [4.78, 5) is 25.8. The molecule has 5 nitrogen and oxygen atoms in total. The van der Waals surface area contributed by atoms with E-state index in [1.54, 1.807) is 0 Å². The second-order valence-corrected chi connectivity index (χ2v) is 5.42. The standard InChI is InChI=1S/C12H4Cl3F3N2O3/c13-6-2-4(7(8(14)21)9(15)22)1-5(3-6)10-19-11(23-20-10)12(16,17)18/h1-3,7H. The highest BCUT2D eigenvalue weighted by Gasteiger charge is 2.38. The van der Waals surface area contributed by atoms with Crippen molar-refractivity contribution >= 4 is 45.3 Å². The fourth-order valence-corrected chi connectivity index (χ4v) is 2.46. The molecule has 0 spiro atoms. The van der Waals surface area contributed by atoms with Crippen LogP contribution in [-0.2, 0) is 15.8 Å². The quantitative estimate of drug-likeness (QED) is 0.585. The van der Waals surface area contributed by atoms with Crippen LogP contribution in [0.25, 0.3) is 11.4 Å². The molecule has 23 heavy (non-hydrogen) atoms. The van der Waals surface area contributed by atoms with Crippen molar-refractivity contribution in [2.75, 3.05) is 0 Å². The molecule has 0 saturated heterocycles. The molecule has 0 saturated carbocycles. The molecule has 0 unspecified atom stereocenters. The average molecular weight is 388 g/mol. The van der Waals surface area contributed by atoms with Crippen molar-refractivity contribution in [3.8, 4) is 11.4 Å². The highest BCUT2D eigenvalue weighted by atomic mass is 35.5. The van der Waals surface area contributed by atoms with Crippen LogP contribution >= 0.6 is 34.8 Å². The van der Waals surface area contributed by atoms with Gasteiger partial charge in [-0.3, -0.25) is 9.59 Å². The van der Waals surface area contributed by atoms with Crippen LogP contribution in [0.4, 0.5) is 13.2 Å². The van der Waals surface area contributed by atoms with Gasteiger partial charge in [-0.2, -0.15) is 18.2 Å². The minimum atomic E-state index is -4.81. The van der Waals surface area contributed by atoms with E-state index in [0.29, 0.717) is 0 Å². The molecular formula is C12H4Cl3F3N2O3. The summed E-state index contributed by atoms with van der Waals surface area (Å²) in [5.74, 6) is -3.50. The van der Waals surface area contributed by atoms with Gasteiger partial charge in [-0.05, 0) is 47.0 Å². The van der Waals surface area contributed by atoms with Gasteiger partial charge in [0.15, 0.2) is 0 Å². The molecule has 0 aliphatic heterocycles. The van der Waals surface area contributed by atoms with Gasteiger partial charge in [-0.1, -0.05) is 16.8 Å². The van der Waals surface area contributed by atoms with Crippen molar-refractivity contribution in [3.63, 3.8) is 0 Å². The molecule has 1 aromatic carbocycles. The van der Waals surface area contributed by atoms with Crippen molar-refractivity contribution in [1.82, 2.24) is 10.1 Å². The first-order valence-corrected chi connectivity index (χ1v) is 6.83. The van der Waals surface area contributed by atoms with Gasteiger partial charge >= 0.3 is 12.1 Å². The van der Waals surface area contributed by atoms with Crippen molar-refractivity contribution in [1.29, 1.82) is 0 Å². The third kappa shape index (κ3) is 4.01. The molecule has 0 amide bonds. The molecular weight excluding hydrogens is 383 g/mol. The van der Waals surface area contributed by atoms with E-state index in [2.05, 4.69) is 14.7 Å². The maximum atomic E-state index is 12.5.